The first kappa shape index (κ1) is 27.2. The Morgan fingerprint density at radius 1 is 0.868 bits per heavy atom. The first-order valence-electron chi connectivity index (χ1n) is 14.4. The van der Waals surface area contributed by atoms with Crippen LogP contribution < -0.4 is 14.7 Å². The minimum atomic E-state index is -0.177. The molecule has 0 spiro atoms. The Morgan fingerprint density at radius 2 is 1.68 bits per heavy atom. The first-order chi connectivity index (χ1) is 18.7. The van der Waals surface area contributed by atoms with Gasteiger partial charge in [-0.3, -0.25) is 0 Å². The van der Waals surface area contributed by atoms with Gasteiger partial charge >= 0.3 is 0 Å². The van der Waals surface area contributed by atoms with Crippen LogP contribution in [0.25, 0.3) is 0 Å². The fourth-order valence-corrected chi connectivity index (χ4v) is 6.50. The molecule has 0 N–H and O–H groups in total. The quantitative estimate of drug-likeness (QED) is 0.370. The zero-order valence-corrected chi connectivity index (χ0v) is 22.8. The Balaban J connectivity index is 1.31. The number of benzene rings is 1. The maximum absolute atomic E-state index is 14.2. The number of hydrogen-bond donors (Lipinski definition) is 0. The van der Waals surface area contributed by atoms with E-state index in [-0.39, 0.29) is 5.82 Å². The Bertz CT molecular complexity index is 1000. The number of methoxy groups -OCH3 is 1. The van der Waals surface area contributed by atoms with Crippen LogP contribution in [0, 0.1) is 11.7 Å². The number of anilines is 3. The smallest absolute Gasteiger partial charge is 0.130 e. The number of fused-ring (bicyclic) bond motifs is 1. The van der Waals surface area contributed by atoms with Crippen LogP contribution in [-0.4, -0.2) is 83.4 Å². The summed E-state index contributed by atoms with van der Waals surface area (Å²) in [7, 11) is 1.68. The molecule has 3 aliphatic heterocycles. The van der Waals surface area contributed by atoms with E-state index in [2.05, 4.69) is 26.8 Å². The van der Waals surface area contributed by atoms with Crippen LogP contribution in [0.15, 0.2) is 42.6 Å². The lowest BCUT2D eigenvalue weighted by Gasteiger charge is -2.43. The third-order valence-electron chi connectivity index (χ3n) is 8.29. The highest BCUT2D eigenvalue weighted by atomic mass is 19.1. The predicted molar refractivity (Wildman–Crippen MR) is 150 cm³/mol. The average Bonchev–Trinajstić information content (AvgIpc) is 3.34. The van der Waals surface area contributed by atoms with Crippen molar-refractivity contribution in [2.45, 2.75) is 50.6 Å². The van der Waals surface area contributed by atoms with Gasteiger partial charge in [0.05, 0.1) is 38.5 Å². The number of aromatic nitrogens is 1. The van der Waals surface area contributed by atoms with E-state index in [1.807, 2.05) is 18.3 Å². The molecule has 208 valence electrons. The molecule has 0 amide bonds. The van der Waals surface area contributed by atoms with Gasteiger partial charge in [-0.2, -0.15) is 0 Å². The lowest BCUT2D eigenvalue weighted by atomic mass is 9.88. The van der Waals surface area contributed by atoms with Crippen molar-refractivity contribution in [1.82, 2.24) is 4.98 Å². The molecular formula is C30H43FN4O3. The number of piperidine rings is 2. The molecule has 5 rings (SSSR count). The molecule has 3 fully saturated rings. The lowest BCUT2D eigenvalue weighted by molar-refractivity contribution is 0.0217. The summed E-state index contributed by atoms with van der Waals surface area (Å²) in [5.41, 5.74) is 2.26. The van der Waals surface area contributed by atoms with E-state index in [0.717, 1.165) is 56.9 Å². The number of nitrogens with zero attached hydrogens (tertiary/aromatic N) is 4. The second-order valence-corrected chi connectivity index (χ2v) is 10.7. The highest BCUT2D eigenvalue weighted by Gasteiger charge is 2.47. The minimum absolute atomic E-state index is 0.177. The second kappa shape index (κ2) is 13.6. The molecule has 0 unspecified atom stereocenters. The van der Waals surface area contributed by atoms with Crippen LogP contribution in [0.3, 0.4) is 0 Å². The van der Waals surface area contributed by atoms with Crippen LogP contribution in [0.1, 0.15) is 38.5 Å². The molecule has 1 aromatic carbocycles. The van der Waals surface area contributed by atoms with E-state index in [0.29, 0.717) is 51.0 Å². The van der Waals surface area contributed by atoms with Crippen molar-refractivity contribution in [2.75, 3.05) is 81.0 Å². The Hall–Kier alpha value is -2.42. The summed E-state index contributed by atoms with van der Waals surface area (Å²) in [5, 5.41) is 0. The molecule has 0 saturated carbocycles. The summed E-state index contributed by atoms with van der Waals surface area (Å²) in [6.45, 7) is 7.17. The van der Waals surface area contributed by atoms with Crippen molar-refractivity contribution < 1.29 is 18.6 Å². The van der Waals surface area contributed by atoms with Crippen LogP contribution in [0.5, 0.6) is 0 Å². The van der Waals surface area contributed by atoms with E-state index in [1.54, 1.807) is 13.2 Å². The van der Waals surface area contributed by atoms with E-state index in [9.17, 15) is 4.39 Å². The van der Waals surface area contributed by atoms with Crippen LogP contribution >= 0.6 is 0 Å². The summed E-state index contributed by atoms with van der Waals surface area (Å²) in [6.07, 6.45) is 8.97. The van der Waals surface area contributed by atoms with Gasteiger partial charge in [-0.15, -0.1) is 0 Å². The maximum Gasteiger partial charge on any atom is 0.130 e. The maximum atomic E-state index is 14.2. The molecule has 7 nitrogen and oxygen atoms in total. The van der Waals surface area contributed by atoms with Crippen LogP contribution in [0.2, 0.25) is 0 Å². The molecule has 4 heterocycles. The number of halogens is 1. The SMILES string of the molecule is COCCOCCOCC[C@@H]1CN(c2cc(N3CCCCC3)ccn2)[C@H]2CCCN(c3cccc(F)c3)[C@@H]12. The molecule has 0 aliphatic carbocycles. The van der Waals surface area contributed by atoms with Gasteiger partial charge in [-0.25, -0.2) is 9.37 Å². The molecular weight excluding hydrogens is 483 g/mol. The molecule has 3 aliphatic rings. The van der Waals surface area contributed by atoms with Gasteiger partial charge in [-0.1, -0.05) is 6.07 Å². The number of hydrogen-bond acceptors (Lipinski definition) is 7. The highest BCUT2D eigenvalue weighted by molar-refractivity contribution is 5.58. The van der Waals surface area contributed by atoms with E-state index >= 15 is 0 Å². The molecule has 3 saturated heterocycles. The van der Waals surface area contributed by atoms with E-state index in [1.165, 1.54) is 31.0 Å². The van der Waals surface area contributed by atoms with Crippen molar-refractivity contribution in [1.29, 1.82) is 0 Å². The van der Waals surface area contributed by atoms with Crippen molar-refractivity contribution >= 4 is 17.2 Å². The predicted octanol–water partition coefficient (Wildman–Crippen LogP) is 4.75. The zero-order chi connectivity index (χ0) is 26.2. The molecule has 0 radical (unpaired) electrons. The zero-order valence-electron chi connectivity index (χ0n) is 22.8. The molecule has 8 heteroatoms. The van der Waals surface area contributed by atoms with Gasteiger partial charge in [0.15, 0.2) is 0 Å². The van der Waals surface area contributed by atoms with Gasteiger partial charge < -0.3 is 28.9 Å². The van der Waals surface area contributed by atoms with Crippen molar-refractivity contribution in [3.63, 3.8) is 0 Å². The largest absolute Gasteiger partial charge is 0.382 e. The molecule has 3 atom stereocenters. The van der Waals surface area contributed by atoms with Crippen molar-refractivity contribution in [3.8, 4) is 0 Å². The minimum Gasteiger partial charge on any atom is -0.382 e. The highest BCUT2D eigenvalue weighted by Crippen LogP contribution is 2.41. The topological polar surface area (TPSA) is 50.3 Å². The van der Waals surface area contributed by atoms with E-state index in [4.69, 9.17) is 19.2 Å². The van der Waals surface area contributed by atoms with Crippen molar-refractivity contribution in [2.24, 2.45) is 5.92 Å². The molecule has 0 bridgehead atoms. The Kier molecular flexibility index (Phi) is 9.71. The van der Waals surface area contributed by atoms with Gasteiger partial charge in [0.1, 0.15) is 11.6 Å². The number of rotatable bonds is 12. The Labute approximate surface area is 226 Å². The number of ether oxygens (including phenoxy) is 3. The fourth-order valence-electron chi connectivity index (χ4n) is 6.50. The van der Waals surface area contributed by atoms with Gasteiger partial charge in [-0.05, 0) is 62.8 Å². The fraction of sp³-hybridized carbons (Fsp3) is 0.633. The summed E-state index contributed by atoms with van der Waals surface area (Å²) < 4.78 is 30.8. The first-order valence-corrected chi connectivity index (χ1v) is 14.4. The summed E-state index contributed by atoms with van der Waals surface area (Å²) in [6, 6.07) is 12.2. The molecule has 2 aromatic rings. The third kappa shape index (κ3) is 6.58. The average molecular weight is 527 g/mol. The second-order valence-electron chi connectivity index (χ2n) is 10.7. The van der Waals surface area contributed by atoms with Crippen LogP contribution in [-0.2, 0) is 14.2 Å². The van der Waals surface area contributed by atoms with E-state index < -0.39 is 0 Å². The summed E-state index contributed by atoms with van der Waals surface area (Å²) in [5.74, 6) is 1.29. The van der Waals surface area contributed by atoms with Gasteiger partial charge in [0, 0.05) is 69.5 Å². The molecule has 1 aromatic heterocycles. The standard InChI is InChI=1S/C30H43FN4O3/c1-36-17-18-38-20-19-37-16-11-24-23-35(29-22-26(10-12-32-29)33-13-3-2-4-14-33)28-9-6-15-34(30(24)28)27-8-5-7-25(31)21-27/h5,7-8,10,12,21-22,24,28,30H,2-4,6,9,11,13-20,23H2,1H3/t24-,28+,30+/m1/s1. The summed E-state index contributed by atoms with van der Waals surface area (Å²) >= 11 is 0. The monoisotopic (exact) mass is 526 g/mol. The third-order valence-corrected chi connectivity index (χ3v) is 8.29. The Morgan fingerprint density at radius 3 is 2.50 bits per heavy atom. The lowest BCUT2D eigenvalue weighted by Crippen LogP contribution is -2.52. The summed E-state index contributed by atoms with van der Waals surface area (Å²) in [4.78, 5) is 12.3. The van der Waals surface area contributed by atoms with Gasteiger partial charge in [0.25, 0.3) is 0 Å². The van der Waals surface area contributed by atoms with Crippen molar-refractivity contribution in [3.05, 3.63) is 48.4 Å². The number of pyridine rings is 1. The van der Waals surface area contributed by atoms with Crippen LogP contribution in [0.4, 0.5) is 21.6 Å². The van der Waals surface area contributed by atoms with Gasteiger partial charge in [0.2, 0.25) is 0 Å². The molecule has 38 heavy (non-hydrogen) atoms. The normalized spacial score (nSPS) is 23.6.